The third-order valence-corrected chi connectivity index (χ3v) is 3.50. The van der Waals surface area contributed by atoms with Gasteiger partial charge in [-0.3, -0.25) is 0 Å². The molecule has 0 aliphatic rings. The van der Waals surface area contributed by atoms with Crippen LogP contribution < -0.4 is 5.32 Å². The third-order valence-electron chi connectivity index (χ3n) is 2.57. The number of anilines is 1. The molecule has 5 heteroatoms. The molecular formula is C13H11BrClFN2. The average Bonchev–Trinajstić information content (AvgIpc) is 2.35. The van der Waals surface area contributed by atoms with Crippen molar-refractivity contribution in [3.8, 4) is 0 Å². The summed E-state index contributed by atoms with van der Waals surface area (Å²) in [6, 6.07) is 8.47. The molecular weight excluding hydrogens is 319 g/mol. The van der Waals surface area contributed by atoms with E-state index in [1.165, 1.54) is 6.07 Å². The number of benzene rings is 1. The lowest BCUT2D eigenvalue weighted by atomic mass is 10.1. The van der Waals surface area contributed by atoms with Gasteiger partial charge in [0.15, 0.2) is 0 Å². The SMILES string of the molecule is CC(Nc1cccnc1Br)c1ccc(F)c(Cl)c1. The minimum absolute atomic E-state index is 0.00333. The Morgan fingerprint density at radius 1 is 1.39 bits per heavy atom. The molecule has 0 saturated heterocycles. The van der Waals surface area contributed by atoms with E-state index in [0.29, 0.717) is 0 Å². The maximum Gasteiger partial charge on any atom is 0.141 e. The van der Waals surface area contributed by atoms with Gasteiger partial charge in [-0.1, -0.05) is 17.7 Å². The number of halogens is 3. The van der Waals surface area contributed by atoms with Crippen LogP contribution in [0.25, 0.3) is 0 Å². The summed E-state index contributed by atoms with van der Waals surface area (Å²) < 4.78 is 13.8. The molecule has 1 heterocycles. The Labute approximate surface area is 118 Å². The van der Waals surface area contributed by atoms with Crippen molar-refractivity contribution in [1.82, 2.24) is 4.98 Å². The smallest absolute Gasteiger partial charge is 0.141 e. The second kappa shape index (κ2) is 5.67. The summed E-state index contributed by atoms with van der Waals surface area (Å²) in [4.78, 5) is 4.13. The molecule has 94 valence electrons. The lowest BCUT2D eigenvalue weighted by Gasteiger charge is -2.16. The first-order valence-corrected chi connectivity index (χ1v) is 6.57. The number of rotatable bonds is 3. The number of hydrogen-bond donors (Lipinski definition) is 1. The predicted octanol–water partition coefficient (Wildman–Crippen LogP) is 4.81. The largest absolute Gasteiger partial charge is 0.376 e. The maximum atomic E-state index is 13.1. The molecule has 1 unspecified atom stereocenters. The molecule has 2 rings (SSSR count). The van der Waals surface area contributed by atoms with Gasteiger partial charge in [0.1, 0.15) is 10.4 Å². The summed E-state index contributed by atoms with van der Waals surface area (Å²) >= 11 is 9.13. The number of aromatic nitrogens is 1. The van der Waals surface area contributed by atoms with Gasteiger partial charge in [0.2, 0.25) is 0 Å². The van der Waals surface area contributed by atoms with Gasteiger partial charge in [-0.2, -0.15) is 0 Å². The molecule has 1 N–H and O–H groups in total. The molecule has 1 aromatic heterocycles. The zero-order chi connectivity index (χ0) is 13.1. The van der Waals surface area contributed by atoms with Gasteiger partial charge in [-0.05, 0) is 52.7 Å². The van der Waals surface area contributed by atoms with Crippen molar-refractivity contribution in [2.24, 2.45) is 0 Å². The van der Waals surface area contributed by atoms with Crippen molar-refractivity contribution in [3.63, 3.8) is 0 Å². The van der Waals surface area contributed by atoms with Crippen LogP contribution in [0.5, 0.6) is 0 Å². The van der Waals surface area contributed by atoms with Crippen LogP contribution in [0.1, 0.15) is 18.5 Å². The van der Waals surface area contributed by atoms with Crippen LogP contribution in [0.3, 0.4) is 0 Å². The summed E-state index contributed by atoms with van der Waals surface area (Å²) in [7, 11) is 0. The standard InChI is InChI=1S/C13H11BrClFN2/c1-8(9-4-5-11(16)10(15)7-9)18-12-3-2-6-17-13(12)14/h2-8,18H,1H3. The van der Waals surface area contributed by atoms with E-state index in [-0.39, 0.29) is 11.1 Å². The van der Waals surface area contributed by atoms with Crippen LogP contribution in [-0.2, 0) is 0 Å². The fourth-order valence-electron chi connectivity index (χ4n) is 1.59. The molecule has 0 aliphatic carbocycles. The Morgan fingerprint density at radius 3 is 2.83 bits per heavy atom. The van der Waals surface area contributed by atoms with Gasteiger partial charge >= 0.3 is 0 Å². The fourth-order valence-corrected chi connectivity index (χ4v) is 2.15. The zero-order valence-corrected chi connectivity index (χ0v) is 12.0. The Morgan fingerprint density at radius 2 is 2.17 bits per heavy atom. The highest BCUT2D eigenvalue weighted by Crippen LogP contribution is 2.26. The molecule has 0 saturated carbocycles. The summed E-state index contributed by atoms with van der Waals surface area (Å²) in [6.07, 6.45) is 1.70. The van der Waals surface area contributed by atoms with Crippen molar-refractivity contribution < 1.29 is 4.39 Å². The van der Waals surface area contributed by atoms with Crippen LogP contribution >= 0.6 is 27.5 Å². The number of nitrogens with zero attached hydrogens (tertiary/aromatic N) is 1. The summed E-state index contributed by atoms with van der Waals surface area (Å²) in [6.45, 7) is 1.98. The van der Waals surface area contributed by atoms with Crippen molar-refractivity contribution in [2.75, 3.05) is 5.32 Å². The average molecular weight is 330 g/mol. The van der Waals surface area contributed by atoms with Crippen LogP contribution in [0.2, 0.25) is 5.02 Å². The van der Waals surface area contributed by atoms with Crippen molar-refractivity contribution in [1.29, 1.82) is 0 Å². The second-order valence-corrected chi connectivity index (χ2v) is 5.04. The molecule has 0 spiro atoms. The summed E-state index contributed by atoms with van der Waals surface area (Å²) in [5.74, 6) is -0.407. The maximum absolute atomic E-state index is 13.1. The van der Waals surface area contributed by atoms with Gasteiger partial charge in [0.05, 0.1) is 10.7 Å². The van der Waals surface area contributed by atoms with Crippen LogP contribution in [0.15, 0.2) is 41.1 Å². The highest BCUT2D eigenvalue weighted by molar-refractivity contribution is 9.10. The number of pyridine rings is 1. The van der Waals surface area contributed by atoms with E-state index in [0.717, 1.165) is 15.9 Å². The highest BCUT2D eigenvalue weighted by Gasteiger charge is 2.09. The molecule has 2 aromatic rings. The molecule has 18 heavy (non-hydrogen) atoms. The molecule has 0 aliphatic heterocycles. The zero-order valence-electron chi connectivity index (χ0n) is 9.62. The van der Waals surface area contributed by atoms with E-state index in [4.69, 9.17) is 11.6 Å². The van der Waals surface area contributed by atoms with Gasteiger partial charge in [-0.15, -0.1) is 0 Å². The van der Waals surface area contributed by atoms with Crippen LogP contribution in [0.4, 0.5) is 10.1 Å². The van der Waals surface area contributed by atoms with E-state index in [1.54, 1.807) is 18.3 Å². The summed E-state index contributed by atoms with van der Waals surface area (Å²) in [5, 5.41) is 3.41. The van der Waals surface area contributed by atoms with E-state index in [9.17, 15) is 4.39 Å². The van der Waals surface area contributed by atoms with Crippen LogP contribution in [-0.4, -0.2) is 4.98 Å². The monoisotopic (exact) mass is 328 g/mol. The minimum Gasteiger partial charge on any atom is -0.376 e. The van der Waals surface area contributed by atoms with Crippen LogP contribution in [0, 0.1) is 5.82 Å². The van der Waals surface area contributed by atoms with Crippen molar-refractivity contribution in [3.05, 3.63) is 57.5 Å². The lowest BCUT2D eigenvalue weighted by Crippen LogP contribution is -2.07. The fraction of sp³-hybridized carbons (Fsp3) is 0.154. The first-order chi connectivity index (χ1) is 8.58. The molecule has 0 fully saturated rings. The number of nitrogens with one attached hydrogen (secondary N) is 1. The molecule has 0 amide bonds. The Bertz CT molecular complexity index is 562. The van der Waals surface area contributed by atoms with Crippen molar-refractivity contribution in [2.45, 2.75) is 13.0 Å². The molecule has 2 nitrogen and oxygen atoms in total. The van der Waals surface area contributed by atoms with Gasteiger partial charge < -0.3 is 5.32 Å². The van der Waals surface area contributed by atoms with E-state index in [1.807, 2.05) is 19.1 Å². The molecule has 0 bridgehead atoms. The predicted molar refractivity (Wildman–Crippen MR) is 75.4 cm³/mol. The quantitative estimate of drug-likeness (QED) is 0.817. The Kier molecular flexibility index (Phi) is 4.19. The normalized spacial score (nSPS) is 12.2. The topological polar surface area (TPSA) is 24.9 Å². The van der Waals surface area contributed by atoms with E-state index in [2.05, 4.69) is 26.2 Å². The molecule has 1 aromatic carbocycles. The Hall–Kier alpha value is -1.13. The Balaban J connectivity index is 2.19. The molecule has 1 atom stereocenters. The second-order valence-electron chi connectivity index (χ2n) is 3.88. The van der Waals surface area contributed by atoms with Gasteiger partial charge in [-0.25, -0.2) is 9.37 Å². The minimum atomic E-state index is -0.407. The summed E-state index contributed by atoms with van der Waals surface area (Å²) in [5.41, 5.74) is 1.79. The van der Waals surface area contributed by atoms with E-state index < -0.39 is 5.82 Å². The number of hydrogen-bond acceptors (Lipinski definition) is 2. The van der Waals surface area contributed by atoms with Gasteiger partial charge in [0.25, 0.3) is 0 Å². The first-order valence-electron chi connectivity index (χ1n) is 5.40. The molecule has 0 radical (unpaired) electrons. The van der Waals surface area contributed by atoms with Gasteiger partial charge in [0, 0.05) is 12.2 Å². The third kappa shape index (κ3) is 3.00. The lowest BCUT2D eigenvalue weighted by molar-refractivity contribution is 0.627. The highest BCUT2D eigenvalue weighted by atomic mass is 79.9. The van der Waals surface area contributed by atoms with E-state index >= 15 is 0 Å². The first kappa shape index (κ1) is 13.3. The van der Waals surface area contributed by atoms with Crippen molar-refractivity contribution >= 4 is 33.2 Å².